The van der Waals surface area contributed by atoms with Gasteiger partial charge in [-0.3, -0.25) is 0 Å². The predicted octanol–water partition coefficient (Wildman–Crippen LogP) is 3.88. The van der Waals surface area contributed by atoms with Crippen LogP contribution in [-0.4, -0.2) is 29.1 Å². The molecule has 1 aromatic heterocycles. The maximum Gasteiger partial charge on any atom is 0.433 e. The predicted molar refractivity (Wildman–Crippen MR) is 87.1 cm³/mol. The largest absolute Gasteiger partial charge is 0.433 e. The zero-order valence-corrected chi connectivity index (χ0v) is 13.3. The molecule has 0 radical (unpaired) electrons. The fourth-order valence-corrected chi connectivity index (χ4v) is 2.85. The van der Waals surface area contributed by atoms with Crippen LogP contribution in [0.5, 0.6) is 0 Å². The molecule has 7 heteroatoms. The highest BCUT2D eigenvalue weighted by Crippen LogP contribution is 2.28. The SMILES string of the molecule is Cc1cccc(NC2CCN(c3nccc(C(F)(F)F)n3)CC2)c1. The van der Waals surface area contributed by atoms with Crippen LogP contribution in [0.3, 0.4) is 0 Å². The summed E-state index contributed by atoms with van der Waals surface area (Å²) >= 11 is 0. The van der Waals surface area contributed by atoms with Crippen LogP contribution in [0.25, 0.3) is 0 Å². The second kappa shape index (κ2) is 6.67. The average molecular weight is 336 g/mol. The second-order valence-corrected chi connectivity index (χ2v) is 6.01. The second-order valence-electron chi connectivity index (χ2n) is 6.01. The normalized spacial score (nSPS) is 16.2. The van der Waals surface area contributed by atoms with Crippen molar-refractivity contribution < 1.29 is 13.2 Å². The molecule has 4 nitrogen and oxygen atoms in total. The number of hydrogen-bond acceptors (Lipinski definition) is 4. The molecule has 1 fully saturated rings. The lowest BCUT2D eigenvalue weighted by Crippen LogP contribution is -2.40. The fourth-order valence-electron chi connectivity index (χ4n) is 2.85. The van der Waals surface area contributed by atoms with Gasteiger partial charge >= 0.3 is 6.18 Å². The summed E-state index contributed by atoms with van der Waals surface area (Å²) in [6.07, 6.45) is -1.62. The van der Waals surface area contributed by atoms with E-state index < -0.39 is 11.9 Å². The number of aryl methyl sites for hydroxylation is 1. The fraction of sp³-hybridized carbons (Fsp3) is 0.412. The number of piperidine rings is 1. The Balaban J connectivity index is 1.61. The number of aromatic nitrogens is 2. The van der Waals surface area contributed by atoms with Gasteiger partial charge in [-0.2, -0.15) is 13.2 Å². The Kier molecular flexibility index (Phi) is 4.59. The summed E-state index contributed by atoms with van der Waals surface area (Å²) in [5.74, 6) is 0.152. The monoisotopic (exact) mass is 336 g/mol. The highest BCUT2D eigenvalue weighted by molar-refractivity contribution is 5.46. The molecular formula is C17H19F3N4. The van der Waals surface area contributed by atoms with Crippen LogP contribution in [0.1, 0.15) is 24.1 Å². The lowest BCUT2D eigenvalue weighted by Gasteiger charge is -2.33. The van der Waals surface area contributed by atoms with E-state index in [4.69, 9.17) is 0 Å². The number of halogens is 3. The molecule has 128 valence electrons. The summed E-state index contributed by atoms with van der Waals surface area (Å²) in [5.41, 5.74) is 1.37. The first-order valence-electron chi connectivity index (χ1n) is 7.90. The standard InChI is InChI=1S/C17H19F3N4/c1-12-3-2-4-14(11-12)22-13-6-9-24(10-7-13)16-21-8-5-15(23-16)17(18,19)20/h2-5,8,11,13,22H,6-7,9-10H2,1H3. The maximum atomic E-state index is 12.8. The Morgan fingerprint density at radius 3 is 2.58 bits per heavy atom. The zero-order valence-electron chi connectivity index (χ0n) is 13.3. The molecule has 1 aliphatic heterocycles. The first kappa shape index (κ1) is 16.5. The van der Waals surface area contributed by atoms with Crippen LogP contribution in [0.15, 0.2) is 36.5 Å². The third-order valence-corrected chi connectivity index (χ3v) is 4.10. The number of hydrogen-bond donors (Lipinski definition) is 1. The Morgan fingerprint density at radius 2 is 1.92 bits per heavy atom. The van der Waals surface area contributed by atoms with E-state index in [1.807, 2.05) is 30.0 Å². The molecule has 0 unspecified atom stereocenters. The molecule has 2 aromatic rings. The molecule has 1 aromatic carbocycles. The molecular weight excluding hydrogens is 317 g/mol. The van der Waals surface area contributed by atoms with Gasteiger partial charge in [0.25, 0.3) is 0 Å². The highest BCUT2D eigenvalue weighted by Gasteiger charge is 2.33. The molecule has 24 heavy (non-hydrogen) atoms. The van der Waals surface area contributed by atoms with Crippen LogP contribution in [0.2, 0.25) is 0 Å². The van der Waals surface area contributed by atoms with Crippen LogP contribution in [0.4, 0.5) is 24.8 Å². The molecule has 0 saturated carbocycles. The summed E-state index contributed by atoms with van der Waals surface area (Å²) in [6, 6.07) is 9.35. The topological polar surface area (TPSA) is 41.0 Å². The van der Waals surface area contributed by atoms with Crippen molar-refractivity contribution in [2.75, 3.05) is 23.3 Å². The number of benzene rings is 1. The molecule has 0 aliphatic carbocycles. The Morgan fingerprint density at radius 1 is 1.17 bits per heavy atom. The molecule has 2 heterocycles. The van der Waals surface area contributed by atoms with Crippen molar-refractivity contribution in [3.8, 4) is 0 Å². The van der Waals surface area contributed by atoms with E-state index in [0.29, 0.717) is 19.1 Å². The third kappa shape index (κ3) is 3.96. The Hall–Kier alpha value is -2.31. The van der Waals surface area contributed by atoms with E-state index in [2.05, 4.69) is 21.4 Å². The highest BCUT2D eigenvalue weighted by atomic mass is 19.4. The first-order chi connectivity index (χ1) is 11.4. The van der Waals surface area contributed by atoms with E-state index in [1.54, 1.807) is 0 Å². The minimum atomic E-state index is -4.44. The van der Waals surface area contributed by atoms with Gasteiger partial charge in [-0.15, -0.1) is 0 Å². The number of alkyl halides is 3. The number of anilines is 2. The van der Waals surface area contributed by atoms with Crippen molar-refractivity contribution in [1.29, 1.82) is 0 Å². The molecule has 1 N–H and O–H groups in total. The maximum absolute atomic E-state index is 12.8. The molecule has 0 bridgehead atoms. The quantitative estimate of drug-likeness (QED) is 0.923. The van der Waals surface area contributed by atoms with Gasteiger partial charge in [0.15, 0.2) is 0 Å². The van der Waals surface area contributed by atoms with Crippen molar-refractivity contribution >= 4 is 11.6 Å². The minimum Gasteiger partial charge on any atom is -0.382 e. The third-order valence-electron chi connectivity index (χ3n) is 4.10. The van der Waals surface area contributed by atoms with E-state index in [-0.39, 0.29) is 5.95 Å². The van der Waals surface area contributed by atoms with E-state index in [0.717, 1.165) is 24.6 Å². The van der Waals surface area contributed by atoms with Crippen molar-refractivity contribution in [3.05, 3.63) is 47.8 Å². The van der Waals surface area contributed by atoms with Crippen molar-refractivity contribution in [1.82, 2.24) is 9.97 Å². The number of nitrogens with zero attached hydrogens (tertiary/aromatic N) is 3. The molecule has 3 rings (SSSR count). The van der Waals surface area contributed by atoms with Gasteiger partial charge in [-0.1, -0.05) is 12.1 Å². The number of nitrogens with one attached hydrogen (secondary N) is 1. The van der Waals surface area contributed by atoms with Crippen LogP contribution < -0.4 is 10.2 Å². The zero-order chi connectivity index (χ0) is 17.2. The van der Waals surface area contributed by atoms with Gasteiger partial charge in [0.2, 0.25) is 5.95 Å². The molecule has 1 saturated heterocycles. The van der Waals surface area contributed by atoms with Gasteiger partial charge in [0, 0.05) is 31.0 Å². The summed E-state index contributed by atoms with van der Waals surface area (Å²) in [7, 11) is 0. The number of rotatable bonds is 3. The molecule has 0 amide bonds. The summed E-state index contributed by atoms with van der Waals surface area (Å²) in [4.78, 5) is 9.46. The summed E-state index contributed by atoms with van der Waals surface area (Å²) in [5, 5.41) is 3.48. The summed E-state index contributed by atoms with van der Waals surface area (Å²) < 4.78 is 38.3. The Bertz CT molecular complexity index is 694. The summed E-state index contributed by atoms with van der Waals surface area (Å²) in [6.45, 7) is 3.30. The van der Waals surface area contributed by atoms with Crippen molar-refractivity contribution in [2.24, 2.45) is 0 Å². The average Bonchev–Trinajstić information content (AvgIpc) is 2.55. The first-order valence-corrected chi connectivity index (χ1v) is 7.90. The van der Waals surface area contributed by atoms with Gasteiger partial charge in [0.1, 0.15) is 5.69 Å². The molecule has 0 atom stereocenters. The molecule has 0 spiro atoms. The van der Waals surface area contributed by atoms with Crippen molar-refractivity contribution in [2.45, 2.75) is 32.0 Å². The minimum absolute atomic E-state index is 0.152. The van der Waals surface area contributed by atoms with E-state index >= 15 is 0 Å². The van der Waals surface area contributed by atoms with Crippen molar-refractivity contribution in [3.63, 3.8) is 0 Å². The van der Waals surface area contributed by atoms with Crippen LogP contribution in [0, 0.1) is 6.92 Å². The van der Waals surface area contributed by atoms with E-state index in [1.165, 1.54) is 11.8 Å². The van der Waals surface area contributed by atoms with Gasteiger partial charge in [-0.05, 0) is 43.5 Å². The van der Waals surface area contributed by atoms with Gasteiger partial charge < -0.3 is 10.2 Å². The van der Waals surface area contributed by atoms with Crippen LogP contribution >= 0.6 is 0 Å². The molecule has 1 aliphatic rings. The smallest absolute Gasteiger partial charge is 0.382 e. The lowest BCUT2D eigenvalue weighted by molar-refractivity contribution is -0.141. The van der Waals surface area contributed by atoms with Crippen LogP contribution in [-0.2, 0) is 6.18 Å². The van der Waals surface area contributed by atoms with Gasteiger partial charge in [-0.25, -0.2) is 9.97 Å². The Labute approximate surface area is 138 Å². The van der Waals surface area contributed by atoms with Gasteiger partial charge in [0.05, 0.1) is 0 Å². The van der Waals surface area contributed by atoms with E-state index in [9.17, 15) is 13.2 Å². The lowest BCUT2D eigenvalue weighted by atomic mass is 10.0.